The van der Waals surface area contributed by atoms with Crippen LogP contribution in [0.2, 0.25) is 0 Å². The van der Waals surface area contributed by atoms with Crippen molar-refractivity contribution in [3.8, 4) is 0 Å². The van der Waals surface area contributed by atoms with E-state index in [0.717, 1.165) is 18.5 Å². The molecule has 2 N–H and O–H groups in total. The number of amides is 1. The summed E-state index contributed by atoms with van der Waals surface area (Å²) in [6.07, 6.45) is 7.71. The first-order valence-electron chi connectivity index (χ1n) is 6.63. The number of aromatic nitrogens is 2. The Morgan fingerprint density at radius 3 is 2.80 bits per heavy atom. The summed E-state index contributed by atoms with van der Waals surface area (Å²) in [4.78, 5) is 11.6. The van der Waals surface area contributed by atoms with Crippen LogP contribution in [0.25, 0.3) is 0 Å². The van der Waals surface area contributed by atoms with Crippen LogP contribution in [0.15, 0.2) is 34.5 Å². The Balaban J connectivity index is 2.37. The van der Waals surface area contributed by atoms with E-state index in [2.05, 4.69) is 40.6 Å². The Morgan fingerprint density at radius 1 is 1.45 bits per heavy atom. The van der Waals surface area contributed by atoms with E-state index in [4.69, 9.17) is 0 Å². The van der Waals surface area contributed by atoms with Crippen LogP contribution in [0.5, 0.6) is 0 Å². The normalized spacial score (nSPS) is 11.7. The standard InChI is InChI=1S/C15H22N4O/c1-11(2)6-5-7-12(3)8-9-16-19-15(20)14-10-13(4)17-18-14/h6,8-10H,5,7H2,1-4H3,(H,17,18)(H,19,20)/b12-8-,16-9-. The van der Waals surface area contributed by atoms with E-state index in [0.29, 0.717) is 5.69 Å². The van der Waals surface area contributed by atoms with Crippen LogP contribution in [0.1, 0.15) is 49.8 Å². The third-order valence-electron chi connectivity index (χ3n) is 2.63. The number of hydrazone groups is 1. The van der Waals surface area contributed by atoms with E-state index in [1.807, 2.05) is 19.9 Å². The maximum Gasteiger partial charge on any atom is 0.291 e. The fraction of sp³-hybridized carbons (Fsp3) is 0.400. The lowest BCUT2D eigenvalue weighted by Crippen LogP contribution is -2.17. The summed E-state index contributed by atoms with van der Waals surface area (Å²) in [5.74, 6) is -0.318. The molecule has 0 radical (unpaired) electrons. The molecule has 1 amide bonds. The van der Waals surface area contributed by atoms with Crippen molar-refractivity contribution in [2.45, 2.75) is 40.5 Å². The second-order valence-corrected chi connectivity index (χ2v) is 4.99. The molecule has 5 heteroatoms. The number of H-pyrrole nitrogens is 1. The van der Waals surface area contributed by atoms with Gasteiger partial charge in [0.1, 0.15) is 0 Å². The summed E-state index contributed by atoms with van der Waals surface area (Å²) in [6.45, 7) is 8.06. The highest BCUT2D eigenvalue weighted by molar-refractivity contribution is 5.92. The van der Waals surface area contributed by atoms with E-state index >= 15 is 0 Å². The van der Waals surface area contributed by atoms with E-state index in [1.54, 1.807) is 12.3 Å². The number of nitrogens with one attached hydrogen (secondary N) is 2. The van der Waals surface area contributed by atoms with Crippen molar-refractivity contribution in [1.29, 1.82) is 0 Å². The number of aryl methyl sites for hydroxylation is 1. The molecule has 1 heterocycles. The lowest BCUT2D eigenvalue weighted by molar-refractivity contribution is 0.0950. The Morgan fingerprint density at radius 2 is 2.20 bits per heavy atom. The highest BCUT2D eigenvalue weighted by Crippen LogP contribution is 2.05. The third-order valence-corrected chi connectivity index (χ3v) is 2.63. The fourth-order valence-electron chi connectivity index (χ4n) is 1.52. The summed E-state index contributed by atoms with van der Waals surface area (Å²) in [6, 6.07) is 1.67. The highest BCUT2D eigenvalue weighted by atomic mass is 16.2. The van der Waals surface area contributed by atoms with Gasteiger partial charge in [-0.15, -0.1) is 0 Å². The first kappa shape index (κ1) is 15.9. The molecule has 5 nitrogen and oxygen atoms in total. The molecular formula is C15H22N4O. The lowest BCUT2D eigenvalue weighted by atomic mass is 10.1. The van der Waals surface area contributed by atoms with Crippen molar-refractivity contribution < 1.29 is 4.79 Å². The van der Waals surface area contributed by atoms with Gasteiger partial charge in [-0.1, -0.05) is 17.2 Å². The molecule has 1 rings (SSSR count). The zero-order chi connectivity index (χ0) is 15.0. The Bertz CT molecular complexity index is 534. The van der Waals surface area contributed by atoms with Crippen LogP contribution in [-0.4, -0.2) is 22.3 Å². The van der Waals surface area contributed by atoms with Gasteiger partial charge < -0.3 is 0 Å². The van der Waals surface area contributed by atoms with Gasteiger partial charge in [-0.2, -0.15) is 10.2 Å². The molecule has 0 bridgehead atoms. The zero-order valence-electron chi connectivity index (χ0n) is 12.5. The van der Waals surface area contributed by atoms with Gasteiger partial charge >= 0.3 is 0 Å². The van der Waals surface area contributed by atoms with Crippen LogP contribution in [0.4, 0.5) is 0 Å². The van der Waals surface area contributed by atoms with Crippen LogP contribution >= 0.6 is 0 Å². The first-order valence-corrected chi connectivity index (χ1v) is 6.63. The summed E-state index contributed by atoms with van der Waals surface area (Å²) < 4.78 is 0. The molecule has 20 heavy (non-hydrogen) atoms. The molecule has 0 fully saturated rings. The maximum absolute atomic E-state index is 11.6. The predicted molar refractivity (Wildman–Crippen MR) is 81.7 cm³/mol. The quantitative estimate of drug-likeness (QED) is 0.475. The number of hydrogen-bond acceptors (Lipinski definition) is 3. The van der Waals surface area contributed by atoms with E-state index < -0.39 is 0 Å². The van der Waals surface area contributed by atoms with Gasteiger partial charge in [-0.05, 0) is 52.7 Å². The van der Waals surface area contributed by atoms with Gasteiger partial charge in [-0.3, -0.25) is 9.89 Å². The van der Waals surface area contributed by atoms with E-state index in [9.17, 15) is 4.79 Å². The minimum absolute atomic E-state index is 0.318. The van der Waals surface area contributed by atoms with Crippen molar-refractivity contribution in [3.63, 3.8) is 0 Å². The van der Waals surface area contributed by atoms with E-state index in [-0.39, 0.29) is 5.91 Å². The van der Waals surface area contributed by atoms with Gasteiger partial charge in [0, 0.05) is 11.9 Å². The molecule has 108 valence electrons. The highest BCUT2D eigenvalue weighted by Gasteiger charge is 2.06. The maximum atomic E-state index is 11.6. The average molecular weight is 274 g/mol. The second kappa shape index (κ2) is 8.09. The average Bonchev–Trinajstić information content (AvgIpc) is 2.80. The number of rotatable bonds is 6. The van der Waals surface area contributed by atoms with Crippen LogP contribution in [-0.2, 0) is 0 Å². The molecule has 0 saturated heterocycles. The minimum Gasteiger partial charge on any atom is -0.282 e. The van der Waals surface area contributed by atoms with Crippen LogP contribution in [0, 0.1) is 6.92 Å². The van der Waals surface area contributed by atoms with Gasteiger partial charge in [0.2, 0.25) is 0 Å². The smallest absolute Gasteiger partial charge is 0.282 e. The number of allylic oxidation sites excluding steroid dienone is 4. The molecule has 0 aromatic carbocycles. The Hall–Kier alpha value is -2.17. The molecule has 0 spiro atoms. The lowest BCUT2D eigenvalue weighted by Gasteiger charge is -1.97. The zero-order valence-corrected chi connectivity index (χ0v) is 12.5. The van der Waals surface area contributed by atoms with Crippen molar-refractivity contribution in [3.05, 3.63) is 40.8 Å². The minimum atomic E-state index is -0.318. The van der Waals surface area contributed by atoms with Crippen molar-refractivity contribution in [2.24, 2.45) is 5.10 Å². The molecule has 0 aliphatic carbocycles. The molecule has 0 aliphatic rings. The van der Waals surface area contributed by atoms with E-state index in [1.165, 1.54) is 11.1 Å². The van der Waals surface area contributed by atoms with Crippen LogP contribution < -0.4 is 5.43 Å². The molecule has 1 aromatic heterocycles. The number of carbonyl (C=O) groups excluding carboxylic acids is 1. The second-order valence-electron chi connectivity index (χ2n) is 4.99. The summed E-state index contributed by atoms with van der Waals surface area (Å²) in [5.41, 5.74) is 6.16. The largest absolute Gasteiger partial charge is 0.291 e. The van der Waals surface area contributed by atoms with Crippen molar-refractivity contribution >= 4 is 12.1 Å². The van der Waals surface area contributed by atoms with Crippen molar-refractivity contribution in [2.75, 3.05) is 0 Å². The topological polar surface area (TPSA) is 70.1 Å². The number of aromatic amines is 1. The summed E-state index contributed by atoms with van der Waals surface area (Å²) in [5, 5.41) is 10.4. The molecule has 0 atom stereocenters. The molecule has 0 aliphatic heterocycles. The van der Waals surface area contributed by atoms with Gasteiger partial charge in [-0.25, -0.2) is 5.43 Å². The number of carbonyl (C=O) groups is 1. The van der Waals surface area contributed by atoms with Gasteiger partial charge in [0.05, 0.1) is 0 Å². The fourth-order valence-corrected chi connectivity index (χ4v) is 1.52. The summed E-state index contributed by atoms with van der Waals surface area (Å²) in [7, 11) is 0. The Labute approximate surface area is 119 Å². The first-order chi connectivity index (χ1) is 9.49. The van der Waals surface area contributed by atoms with Gasteiger partial charge in [0.15, 0.2) is 5.69 Å². The van der Waals surface area contributed by atoms with Crippen molar-refractivity contribution in [1.82, 2.24) is 15.6 Å². The number of nitrogens with zero attached hydrogens (tertiary/aromatic N) is 2. The predicted octanol–water partition coefficient (Wildman–Crippen LogP) is 3.13. The number of hydrogen-bond donors (Lipinski definition) is 2. The molecule has 1 aromatic rings. The third kappa shape index (κ3) is 6.13. The van der Waals surface area contributed by atoms with Gasteiger partial charge in [0.25, 0.3) is 5.91 Å². The summed E-state index contributed by atoms with van der Waals surface area (Å²) >= 11 is 0. The molecule has 0 saturated carbocycles. The Kier molecular flexibility index (Phi) is 6.43. The monoisotopic (exact) mass is 274 g/mol. The molecule has 0 unspecified atom stereocenters. The SMILES string of the molecule is CC(C)=CCC/C(C)=C\C=N/NC(=O)c1cc(C)[nH]n1. The molecular weight excluding hydrogens is 252 g/mol. The van der Waals surface area contributed by atoms with Crippen LogP contribution in [0.3, 0.4) is 0 Å².